The molecule has 8 nitrogen and oxygen atoms in total. The molecule has 1 N–H and O–H groups in total. The van der Waals surface area contributed by atoms with Crippen LogP contribution in [0.5, 0.6) is 0 Å². The molecular weight excluding hydrogens is 356 g/mol. The van der Waals surface area contributed by atoms with Crippen LogP contribution in [0.4, 0.5) is 0 Å². The maximum atomic E-state index is 13.1. The third-order valence-electron chi connectivity index (χ3n) is 5.70. The second-order valence-corrected chi connectivity index (χ2v) is 7.45. The number of aromatic nitrogens is 4. The van der Waals surface area contributed by atoms with Gasteiger partial charge in [0.25, 0.3) is 5.91 Å². The molecule has 2 amide bonds. The highest BCUT2D eigenvalue weighted by molar-refractivity contribution is 5.97. The molecular formula is C20H20N6O2. The third kappa shape index (κ3) is 2.90. The number of piperidine rings is 1. The first-order valence-corrected chi connectivity index (χ1v) is 9.49. The SMILES string of the molecule is O=C(c1ccc2n[nH]nc2c1)N1C[C@@H]2CC[C@H](C1)N(Cc1ccccn1)C2=O. The summed E-state index contributed by atoms with van der Waals surface area (Å²) in [7, 11) is 0. The standard InChI is InChI=1S/C20H20N6O2/c27-19(13-5-7-17-18(9-13)23-24-22-17)25-10-14-4-6-16(12-25)26(20(14)28)11-15-3-1-2-8-21-15/h1-3,5,7-9,14,16H,4,6,10-12H2,(H,22,23,24)/t14-,16+/m0/s1. The van der Waals surface area contributed by atoms with Gasteiger partial charge in [-0.15, -0.1) is 0 Å². The van der Waals surface area contributed by atoms with Crippen LogP contribution in [0.2, 0.25) is 0 Å². The van der Waals surface area contributed by atoms with Gasteiger partial charge in [-0.1, -0.05) is 6.07 Å². The van der Waals surface area contributed by atoms with Crippen molar-refractivity contribution in [3.05, 3.63) is 53.9 Å². The molecule has 1 aromatic carbocycles. The van der Waals surface area contributed by atoms with Gasteiger partial charge in [-0.25, -0.2) is 0 Å². The summed E-state index contributed by atoms with van der Waals surface area (Å²) in [6.45, 7) is 1.50. The van der Waals surface area contributed by atoms with Crippen molar-refractivity contribution in [2.24, 2.45) is 5.92 Å². The van der Waals surface area contributed by atoms with E-state index in [9.17, 15) is 9.59 Å². The van der Waals surface area contributed by atoms with E-state index in [-0.39, 0.29) is 23.8 Å². The van der Waals surface area contributed by atoms with E-state index >= 15 is 0 Å². The summed E-state index contributed by atoms with van der Waals surface area (Å²) in [5.41, 5.74) is 2.84. The average molecular weight is 376 g/mol. The minimum absolute atomic E-state index is 0.0213. The Morgan fingerprint density at radius 2 is 2.00 bits per heavy atom. The molecule has 3 saturated heterocycles. The largest absolute Gasteiger partial charge is 0.336 e. The average Bonchev–Trinajstić information content (AvgIpc) is 3.03. The Balaban J connectivity index is 1.39. The number of hydrogen-bond acceptors (Lipinski definition) is 5. The van der Waals surface area contributed by atoms with Gasteiger partial charge in [0.05, 0.1) is 18.2 Å². The molecule has 0 unspecified atom stereocenters. The molecule has 3 fully saturated rings. The van der Waals surface area contributed by atoms with Gasteiger partial charge in [-0.2, -0.15) is 15.4 Å². The number of pyridine rings is 1. The van der Waals surface area contributed by atoms with Crippen molar-refractivity contribution in [1.29, 1.82) is 0 Å². The predicted molar refractivity (Wildman–Crippen MR) is 101 cm³/mol. The molecule has 28 heavy (non-hydrogen) atoms. The number of aromatic amines is 1. The van der Waals surface area contributed by atoms with Crippen molar-refractivity contribution < 1.29 is 9.59 Å². The number of nitrogens with one attached hydrogen (secondary N) is 1. The molecule has 2 atom stereocenters. The van der Waals surface area contributed by atoms with E-state index in [2.05, 4.69) is 20.4 Å². The summed E-state index contributed by atoms with van der Waals surface area (Å²) in [6.07, 6.45) is 3.48. The van der Waals surface area contributed by atoms with E-state index in [1.165, 1.54) is 0 Å². The van der Waals surface area contributed by atoms with E-state index in [0.29, 0.717) is 30.7 Å². The van der Waals surface area contributed by atoms with Crippen molar-refractivity contribution in [2.75, 3.05) is 13.1 Å². The van der Waals surface area contributed by atoms with Crippen molar-refractivity contribution in [2.45, 2.75) is 25.4 Å². The van der Waals surface area contributed by atoms with E-state index in [1.54, 1.807) is 24.4 Å². The lowest BCUT2D eigenvalue weighted by Gasteiger charge is -2.35. The number of carbonyl (C=O) groups excluding carboxylic acids is 2. The Morgan fingerprint density at radius 1 is 1.11 bits per heavy atom. The molecule has 0 saturated carbocycles. The summed E-state index contributed by atoms with van der Waals surface area (Å²) < 4.78 is 0. The Kier molecular flexibility index (Phi) is 4.03. The number of nitrogens with zero attached hydrogens (tertiary/aromatic N) is 5. The quantitative estimate of drug-likeness (QED) is 0.749. The summed E-state index contributed by atoms with van der Waals surface area (Å²) in [6, 6.07) is 11.1. The van der Waals surface area contributed by atoms with E-state index < -0.39 is 0 Å². The van der Waals surface area contributed by atoms with Crippen LogP contribution in [-0.4, -0.2) is 61.1 Å². The number of amides is 2. The van der Waals surface area contributed by atoms with Gasteiger partial charge >= 0.3 is 0 Å². The van der Waals surface area contributed by atoms with Crippen LogP contribution in [-0.2, 0) is 11.3 Å². The fourth-order valence-electron chi connectivity index (χ4n) is 4.24. The Bertz CT molecular complexity index is 1030. The van der Waals surface area contributed by atoms with Crippen LogP contribution in [0.1, 0.15) is 28.9 Å². The molecule has 3 aliphatic rings. The molecule has 142 valence electrons. The molecule has 3 aliphatic heterocycles. The van der Waals surface area contributed by atoms with Crippen molar-refractivity contribution in [1.82, 2.24) is 30.2 Å². The zero-order valence-electron chi connectivity index (χ0n) is 15.3. The lowest BCUT2D eigenvalue weighted by Crippen LogP contribution is -2.47. The van der Waals surface area contributed by atoms with Crippen LogP contribution in [0.3, 0.4) is 0 Å². The molecule has 6 rings (SSSR count). The third-order valence-corrected chi connectivity index (χ3v) is 5.70. The monoisotopic (exact) mass is 376 g/mol. The first-order chi connectivity index (χ1) is 13.7. The number of H-pyrrole nitrogens is 1. The van der Waals surface area contributed by atoms with Gasteiger partial charge < -0.3 is 9.80 Å². The summed E-state index contributed by atoms with van der Waals surface area (Å²) >= 11 is 0. The Hall–Kier alpha value is -3.29. The number of rotatable bonds is 3. The highest BCUT2D eigenvalue weighted by atomic mass is 16.2. The van der Waals surface area contributed by atoms with Crippen molar-refractivity contribution >= 4 is 22.8 Å². The predicted octanol–water partition coefficient (Wildman–Crippen LogP) is 1.62. The lowest BCUT2D eigenvalue weighted by molar-refractivity contribution is -0.140. The second-order valence-electron chi connectivity index (χ2n) is 7.45. The lowest BCUT2D eigenvalue weighted by atomic mass is 9.94. The highest BCUT2D eigenvalue weighted by Gasteiger charge is 2.42. The second kappa shape index (κ2) is 6.70. The smallest absolute Gasteiger partial charge is 0.254 e. The van der Waals surface area contributed by atoms with Gasteiger partial charge in [-0.3, -0.25) is 14.6 Å². The van der Waals surface area contributed by atoms with Crippen LogP contribution in [0, 0.1) is 5.92 Å². The topological polar surface area (TPSA) is 95.1 Å². The van der Waals surface area contributed by atoms with Crippen LogP contribution >= 0.6 is 0 Å². The molecule has 0 aliphatic carbocycles. The van der Waals surface area contributed by atoms with Gasteiger partial charge in [-0.05, 0) is 43.2 Å². The number of benzene rings is 1. The normalized spacial score (nSPS) is 21.9. The van der Waals surface area contributed by atoms with Crippen LogP contribution < -0.4 is 0 Å². The first-order valence-electron chi connectivity index (χ1n) is 9.49. The summed E-state index contributed by atoms with van der Waals surface area (Å²) in [4.78, 5) is 34.2. The fourth-order valence-corrected chi connectivity index (χ4v) is 4.24. The summed E-state index contributed by atoms with van der Waals surface area (Å²) in [5.74, 6) is -0.0827. The number of carbonyl (C=O) groups is 2. The van der Waals surface area contributed by atoms with E-state index in [1.807, 2.05) is 28.0 Å². The molecule has 0 radical (unpaired) electrons. The van der Waals surface area contributed by atoms with E-state index in [4.69, 9.17) is 0 Å². The number of fused-ring (bicyclic) bond motifs is 5. The Morgan fingerprint density at radius 3 is 2.86 bits per heavy atom. The van der Waals surface area contributed by atoms with Crippen molar-refractivity contribution in [3.63, 3.8) is 0 Å². The van der Waals surface area contributed by atoms with Gasteiger partial charge in [0.2, 0.25) is 5.91 Å². The highest BCUT2D eigenvalue weighted by Crippen LogP contribution is 2.31. The number of hydrogen-bond donors (Lipinski definition) is 1. The molecule has 3 aromatic rings. The minimum Gasteiger partial charge on any atom is -0.336 e. The molecule has 0 spiro atoms. The molecule has 2 aromatic heterocycles. The van der Waals surface area contributed by atoms with E-state index in [0.717, 1.165) is 24.1 Å². The maximum Gasteiger partial charge on any atom is 0.254 e. The first kappa shape index (κ1) is 16.9. The molecule has 5 heterocycles. The summed E-state index contributed by atoms with van der Waals surface area (Å²) in [5, 5.41) is 10.7. The Labute approximate surface area is 161 Å². The zero-order valence-corrected chi connectivity index (χ0v) is 15.3. The molecule has 8 heteroatoms. The van der Waals surface area contributed by atoms with Crippen molar-refractivity contribution in [3.8, 4) is 0 Å². The van der Waals surface area contributed by atoms with Gasteiger partial charge in [0, 0.05) is 30.9 Å². The zero-order chi connectivity index (χ0) is 19.1. The van der Waals surface area contributed by atoms with Crippen LogP contribution in [0.15, 0.2) is 42.6 Å². The fraction of sp³-hybridized carbons (Fsp3) is 0.350. The molecule has 2 bridgehead atoms. The minimum atomic E-state index is -0.151. The van der Waals surface area contributed by atoms with Crippen LogP contribution in [0.25, 0.3) is 11.0 Å². The van der Waals surface area contributed by atoms with Gasteiger partial charge in [0.1, 0.15) is 11.0 Å². The maximum absolute atomic E-state index is 13.1. The van der Waals surface area contributed by atoms with Gasteiger partial charge in [0.15, 0.2) is 0 Å².